The van der Waals surface area contributed by atoms with Crippen molar-refractivity contribution >= 4 is 23.4 Å². The molecular weight excluding hydrogens is 420 g/mol. The maximum absolute atomic E-state index is 13.0. The predicted molar refractivity (Wildman–Crippen MR) is 113 cm³/mol. The summed E-state index contributed by atoms with van der Waals surface area (Å²) in [7, 11) is 0. The van der Waals surface area contributed by atoms with E-state index in [0.29, 0.717) is 23.7 Å². The molecule has 2 N–H and O–H groups in total. The van der Waals surface area contributed by atoms with Crippen LogP contribution in [0.25, 0.3) is 0 Å². The van der Waals surface area contributed by atoms with Gasteiger partial charge >= 0.3 is 0 Å². The van der Waals surface area contributed by atoms with Gasteiger partial charge in [0.25, 0.3) is 5.91 Å². The van der Waals surface area contributed by atoms with Crippen LogP contribution in [0.1, 0.15) is 23.6 Å². The molecule has 2 amide bonds. The third-order valence-electron chi connectivity index (χ3n) is 5.62. The molecule has 0 saturated carbocycles. The Hall–Kier alpha value is -3.23. The SMILES string of the molecule is O=C(CN1C=CN2NC(c3ccc4c(c3)OCO4)CC2C1=O)NCc1ccccc1Cl. The van der Waals surface area contributed by atoms with Crippen molar-refractivity contribution < 1.29 is 19.1 Å². The van der Waals surface area contributed by atoms with Crippen LogP contribution in [-0.4, -0.2) is 41.1 Å². The number of fused-ring (bicyclic) bond motifs is 2. The van der Waals surface area contributed by atoms with Gasteiger partial charge in [-0.05, 0) is 35.7 Å². The van der Waals surface area contributed by atoms with E-state index in [1.165, 1.54) is 4.90 Å². The van der Waals surface area contributed by atoms with Gasteiger partial charge in [-0.15, -0.1) is 0 Å². The van der Waals surface area contributed by atoms with E-state index in [0.717, 1.165) is 16.9 Å². The summed E-state index contributed by atoms with van der Waals surface area (Å²) in [4.78, 5) is 26.8. The second-order valence-corrected chi connectivity index (χ2v) is 7.99. The van der Waals surface area contributed by atoms with E-state index in [-0.39, 0.29) is 37.2 Å². The lowest BCUT2D eigenvalue weighted by Gasteiger charge is -2.31. The normalized spacial score (nSPS) is 21.4. The number of nitrogens with zero attached hydrogens (tertiary/aromatic N) is 2. The van der Waals surface area contributed by atoms with Crippen molar-refractivity contribution in [3.05, 3.63) is 71.0 Å². The van der Waals surface area contributed by atoms with Crippen molar-refractivity contribution in [3.63, 3.8) is 0 Å². The second-order valence-electron chi connectivity index (χ2n) is 7.59. The molecule has 3 aliphatic heterocycles. The number of rotatable bonds is 5. The highest BCUT2D eigenvalue weighted by atomic mass is 35.5. The number of nitrogens with one attached hydrogen (secondary N) is 2. The molecule has 5 rings (SSSR count). The number of ether oxygens (including phenoxy) is 2. The molecule has 160 valence electrons. The van der Waals surface area contributed by atoms with E-state index >= 15 is 0 Å². The number of amides is 2. The maximum atomic E-state index is 13.0. The first-order chi connectivity index (χ1) is 15.1. The summed E-state index contributed by atoms with van der Waals surface area (Å²) < 4.78 is 10.8. The van der Waals surface area contributed by atoms with Gasteiger partial charge in [-0.1, -0.05) is 35.9 Å². The van der Waals surface area contributed by atoms with E-state index in [4.69, 9.17) is 21.1 Å². The number of benzene rings is 2. The molecule has 1 fully saturated rings. The average Bonchev–Trinajstić information content (AvgIpc) is 3.42. The largest absolute Gasteiger partial charge is 0.454 e. The highest BCUT2D eigenvalue weighted by Gasteiger charge is 2.40. The zero-order valence-corrected chi connectivity index (χ0v) is 17.3. The van der Waals surface area contributed by atoms with E-state index in [2.05, 4.69) is 10.7 Å². The van der Waals surface area contributed by atoms with E-state index in [1.807, 2.05) is 36.4 Å². The van der Waals surface area contributed by atoms with Gasteiger partial charge in [-0.25, -0.2) is 5.43 Å². The predicted octanol–water partition coefficient (Wildman–Crippen LogP) is 2.32. The number of hydrogen-bond donors (Lipinski definition) is 2. The van der Waals surface area contributed by atoms with Crippen LogP contribution in [-0.2, 0) is 16.1 Å². The van der Waals surface area contributed by atoms with Gasteiger partial charge in [-0.3, -0.25) is 9.59 Å². The molecule has 0 radical (unpaired) electrons. The topological polar surface area (TPSA) is 83.1 Å². The van der Waals surface area contributed by atoms with Crippen molar-refractivity contribution in [2.45, 2.75) is 25.0 Å². The molecule has 0 aliphatic carbocycles. The molecule has 1 saturated heterocycles. The number of carbonyl (C=O) groups excluding carboxylic acids is 2. The molecule has 31 heavy (non-hydrogen) atoms. The highest BCUT2D eigenvalue weighted by Crippen LogP contribution is 2.37. The van der Waals surface area contributed by atoms with Crippen LogP contribution in [0.2, 0.25) is 5.02 Å². The van der Waals surface area contributed by atoms with Crippen LogP contribution in [0.15, 0.2) is 54.9 Å². The van der Waals surface area contributed by atoms with Gasteiger partial charge in [0.1, 0.15) is 12.6 Å². The average molecular weight is 441 g/mol. The van der Waals surface area contributed by atoms with Crippen molar-refractivity contribution in [1.29, 1.82) is 0 Å². The molecule has 8 nitrogen and oxygen atoms in total. The number of hydrazine groups is 1. The Morgan fingerprint density at radius 2 is 2.00 bits per heavy atom. The summed E-state index contributed by atoms with van der Waals surface area (Å²) in [6, 6.07) is 12.7. The first-order valence-electron chi connectivity index (χ1n) is 10.0. The fourth-order valence-electron chi connectivity index (χ4n) is 3.96. The van der Waals surface area contributed by atoms with E-state index < -0.39 is 0 Å². The van der Waals surface area contributed by atoms with Crippen LogP contribution in [0.5, 0.6) is 11.5 Å². The fourth-order valence-corrected chi connectivity index (χ4v) is 4.16. The van der Waals surface area contributed by atoms with Crippen molar-refractivity contribution in [2.75, 3.05) is 13.3 Å². The molecule has 3 aliphatic rings. The van der Waals surface area contributed by atoms with Crippen LogP contribution in [0.3, 0.4) is 0 Å². The number of carbonyl (C=O) groups is 2. The molecule has 0 bridgehead atoms. The van der Waals surface area contributed by atoms with Crippen molar-refractivity contribution in [3.8, 4) is 11.5 Å². The Morgan fingerprint density at radius 3 is 2.87 bits per heavy atom. The maximum Gasteiger partial charge on any atom is 0.251 e. The quantitative estimate of drug-likeness (QED) is 0.742. The number of hydrogen-bond acceptors (Lipinski definition) is 6. The first kappa shape index (κ1) is 19.7. The Morgan fingerprint density at radius 1 is 1.16 bits per heavy atom. The molecule has 2 aromatic carbocycles. The van der Waals surface area contributed by atoms with Gasteiger partial charge < -0.3 is 24.7 Å². The summed E-state index contributed by atoms with van der Waals surface area (Å²) >= 11 is 6.12. The van der Waals surface area contributed by atoms with Crippen LogP contribution in [0, 0.1) is 0 Å². The van der Waals surface area contributed by atoms with Gasteiger partial charge in [0.2, 0.25) is 12.7 Å². The first-order valence-corrected chi connectivity index (χ1v) is 10.4. The molecule has 3 heterocycles. The van der Waals surface area contributed by atoms with Crippen molar-refractivity contribution in [1.82, 2.24) is 20.7 Å². The highest BCUT2D eigenvalue weighted by molar-refractivity contribution is 6.31. The summed E-state index contributed by atoms with van der Waals surface area (Å²) in [6.07, 6.45) is 4.00. The Bertz CT molecular complexity index is 1060. The molecule has 2 aromatic rings. The molecule has 0 spiro atoms. The Balaban J connectivity index is 1.20. The molecular formula is C22H21ClN4O4. The summed E-state index contributed by atoms with van der Waals surface area (Å²) in [5.74, 6) is 1.07. The van der Waals surface area contributed by atoms with Crippen molar-refractivity contribution in [2.24, 2.45) is 0 Å². The third kappa shape index (κ3) is 3.92. The molecule has 2 unspecified atom stereocenters. The monoisotopic (exact) mass is 440 g/mol. The zero-order chi connectivity index (χ0) is 21.4. The van der Waals surface area contributed by atoms with E-state index in [9.17, 15) is 9.59 Å². The smallest absolute Gasteiger partial charge is 0.251 e. The second kappa shape index (κ2) is 8.13. The Kier molecular flexibility index (Phi) is 5.17. The minimum absolute atomic E-state index is 0.0397. The van der Waals surface area contributed by atoms with E-state index in [1.54, 1.807) is 23.5 Å². The lowest BCUT2D eigenvalue weighted by atomic mass is 10.0. The van der Waals surface area contributed by atoms with Crippen LogP contribution < -0.4 is 20.2 Å². The molecule has 0 aromatic heterocycles. The lowest BCUT2D eigenvalue weighted by molar-refractivity contribution is -0.138. The van der Waals surface area contributed by atoms with Gasteiger partial charge in [-0.2, -0.15) is 0 Å². The van der Waals surface area contributed by atoms with Crippen LogP contribution in [0.4, 0.5) is 0 Å². The third-order valence-corrected chi connectivity index (χ3v) is 5.99. The minimum atomic E-state index is -0.378. The summed E-state index contributed by atoms with van der Waals surface area (Å²) in [5, 5.41) is 5.22. The molecule has 2 atom stereocenters. The summed E-state index contributed by atoms with van der Waals surface area (Å²) in [6.45, 7) is 0.493. The fraction of sp³-hybridized carbons (Fsp3) is 0.273. The minimum Gasteiger partial charge on any atom is -0.454 e. The zero-order valence-electron chi connectivity index (χ0n) is 16.6. The lowest BCUT2D eigenvalue weighted by Crippen LogP contribution is -2.50. The van der Waals surface area contributed by atoms with Gasteiger partial charge in [0.15, 0.2) is 11.5 Å². The standard InChI is InChI=1S/C22H21ClN4O4/c23-16-4-2-1-3-15(16)11-24-21(28)12-26-7-8-27-18(22(26)29)10-17(25-27)14-5-6-19-20(9-14)31-13-30-19/h1-9,17-18,25H,10-13H2,(H,24,28). The summed E-state index contributed by atoms with van der Waals surface area (Å²) in [5.41, 5.74) is 5.19. The molecule has 9 heteroatoms. The number of halogens is 1. The van der Waals surface area contributed by atoms with Gasteiger partial charge in [0.05, 0.1) is 6.04 Å². The van der Waals surface area contributed by atoms with Gasteiger partial charge in [0, 0.05) is 24.0 Å². The van der Waals surface area contributed by atoms with Crippen LogP contribution >= 0.6 is 11.6 Å². The Labute approximate surface area is 184 Å².